The average Bonchev–Trinajstić information content (AvgIpc) is 2.66. The first-order chi connectivity index (χ1) is 11.7. The van der Waals surface area contributed by atoms with Crippen molar-refractivity contribution in [1.29, 1.82) is 0 Å². The largest absolute Gasteiger partial charge is 0.497 e. The van der Waals surface area contributed by atoms with Gasteiger partial charge in [-0.15, -0.1) is 0 Å². The molecule has 3 heterocycles. The number of methoxy groups -OCH3 is 1. The Morgan fingerprint density at radius 2 is 2.25 bits per heavy atom. The van der Waals surface area contributed by atoms with Crippen LogP contribution in [-0.4, -0.2) is 36.1 Å². The number of fused-ring (bicyclic) bond motifs is 2. The average molecular weight is 324 g/mol. The van der Waals surface area contributed by atoms with Crippen LogP contribution < -0.4 is 9.47 Å². The minimum Gasteiger partial charge on any atom is -0.497 e. The summed E-state index contributed by atoms with van der Waals surface area (Å²) >= 11 is 0. The van der Waals surface area contributed by atoms with E-state index in [1.54, 1.807) is 7.11 Å². The van der Waals surface area contributed by atoms with Crippen molar-refractivity contribution in [1.82, 2.24) is 9.88 Å². The van der Waals surface area contributed by atoms with Gasteiger partial charge in [0, 0.05) is 37.5 Å². The second-order valence-electron chi connectivity index (χ2n) is 6.30. The highest BCUT2D eigenvalue weighted by Crippen LogP contribution is 2.32. The van der Waals surface area contributed by atoms with Gasteiger partial charge in [-0.25, -0.2) is 0 Å². The van der Waals surface area contributed by atoms with E-state index in [1.165, 1.54) is 0 Å². The number of carbonyl (C=O) groups is 1. The summed E-state index contributed by atoms with van der Waals surface area (Å²) in [4.78, 5) is 19.2. The summed E-state index contributed by atoms with van der Waals surface area (Å²) in [5.41, 5.74) is 3.33. The molecule has 0 aliphatic carbocycles. The predicted molar refractivity (Wildman–Crippen MR) is 89.0 cm³/mol. The number of aromatic nitrogens is 1. The first kappa shape index (κ1) is 15.0. The van der Waals surface area contributed by atoms with Gasteiger partial charge in [0.1, 0.15) is 18.1 Å². The number of pyridine rings is 1. The Labute approximate surface area is 141 Å². The van der Waals surface area contributed by atoms with Gasteiger partial charge in [-0.1, -0.05) is 12.1 Å². The number of carbonyl (C=O) groups excluding carboxylic acids is 1. The number of hydrogen-bond acceptors (Lipinski definition) is 4. The van der Waals surface area contributed by atoms with Gasteiger partial charge in [0.25, 0.3) is 0 Å². The van der Waals surface area contributed by atoms with E-state index in [2.05, 4.69) is 11.1 Å². The third-order valence-corrected chi connectivity index (χ3v) is 4.81. The maximum Gasteiger partial charge on any atom is 0.229 e. The lowest BCUT2D eigenvalue weighted by molar-refractivity contribution is -0.137. The minimum atomic E-state index is -0.121. The number of rotatable bonds is 2. The van der Waals surface area contributed by atoms with Crippen molar-refractivity contribution in [3.63, 3.8) is 0 Å². The van der Waals surface area contributed by atoms with Gasteiger partial charge in [0.05, 0.1) is 13.0 Å². The number of ether oxygens (including phenoxy) is 2. The molecule has 0 bridgehead atoms. The molecule has 0 radical (unpaired) electrons. The summed E-state index contributed by atoms with van der Waals surface area (Å²) in [7, 11) is 1.64. The van der Waals surface area contributed by atoms with Gasteiger partial charge >= 0.3 is 0 Å². The van der Waals surface area contributed by atoms with E-state index in [9.17, 15) is 4.79 Å². The van der Waals surface area contributed by atoms with Gasteiger partial charge in [-0.3, -0.25) is 9.78 Å². The third kappa shape index (κ3) is 2.70. The lowest BCUT2D eigenvalue weighted by Gasteiger charge is -2.33. The van der Waals surface area contributed by atoms with Crippen LogP contribution in [0.2, 0.25) is 0 Å². The Morgan fingerprint density at radius 3 is 3.12 bits per heavy atom. The molecule has 2 aliphatic heterocycles. The molecule has 1 amide bonds. The second kappa shape index (κ2) is 6.15. The highest BCUT2D eigenvalue weighted by molar-refractivity contribution is 5.80. The normalized spacial score (nSPS) is 19.0. The summed E-state index contributed by atoms with van der Waals surface area (Å²) in [6.07, 6.45) is 3.36. The number of hydrogen-bond donors (Lipinski definition) is 0. The van der Waals surface area contributed by atoms with Crippen LogP contribution in [0.1, 0.15) is 16.8 Å². The van der Waals surface area contributed by atoms with Gasteiger partial charge in [-0.2, -0.15) is 0 Å². The minimum absolute atomic E-state index is 0.121. The molecule has 1 unspecified atom stereocenters. The van der Waals surface area contributed by atoms with Gasteiger partial charge < -0.3 is 14.4 Å². The van der Waals surface area contributed by atoms with E-state index in [0.717, 1.165) is 41.3 Å². The molecule has 0 spiro atoms. The summed E-state index contributed by atoms with van der Waals surface area (Å²) in [6, 6.07) is 9.78. The Balaban J connectivity index is 1.48. The lowest BCUT2D eigenvalue weighted by Crippen LogP contribution is -2.43. The molecular weight excluding hydrogens is 304 g/mol. The standard InChI is InChI=1S/C19H20N2O3/c1-23-16-5-4-13-9-15(12-24-18(13)10-16)19(22)21-8-6-17-14(11-21)3-2-7-20-17/h2-5,7,10,15H,6,8-9,11-12H2,1H3. The fourth-order valence-electron chi connectivity index (χ4n) is 3.45. The monoisotopic (exact) mass is 324 g/mol. The van der Waals surface area contributed by atoms with Crippen LogP contribution in [0.25, 0.3) is 0 Å². The van der Waals surface area contributed by atoms with E-state index in [0.29, 0.717) is 19.6 Å². The van der Waals surface area contributed by atoms with Crippen molar-refractivity contribution in [2.45, 2.75) is 19.4 Å². The van der Waals surface area contributed by atoms with Crippen molar-refractivity contribution < 1.29 is 14.3 Å². The molecular formula is C19H20N2O3. The topological polar surface area (TPSA) is 51.7 Å². The molecule has 24 heavy (non-hydrogen) atoms. The van der Waals surface area contributed by atoms with Gasteiger partial charge in [-0.05, 0) is 29.7 Å². The Kier molecular flexibility index (Phi) is 3.84. The lowest BCUT2D eigenvalue weighted by atomic mass is 9.94. The fraction of sp³-hybridized carbons (Fsp3) is 0.368. The molecule has 1 atom stereocenters. The summed E-state index contributed by atoms with van der Waals surface area (Å²) in [6.45, 7) is 1.80. The van der Waals surface area contributed by atoms with E-state index in [1.807, 2.05) is 35.4 Å². The third-order valence-electron chi connectivity index (χ3n) is 4.81. The Hall–Kier alpha value is -2.56. The number of benzene rings is 1. The summed E-state index contributed by atoms with van der Waals surface area (Å²) in [5.74, 6) is 1.65. The van der Waals surface area contributed by atoms with Crippen molar-refractivity contribution >= 4 is 5.91 Å². The van der Waals surface area contributed by atoms with E-state index in [4.69, 9.17) is 9.47 Å². The molecule has 124 valence electrons. The molecule has 0 saturated carbocycles. The van der Waals surface area contributed by atoms with Crippen LogP contribution in [-0.2, 0) is 24.2 Å². The van der Waals surface area contributed by atoms with Crippen LogP contribution in [0.3, 0.4) is 0 Å². The zero-order valence-corrected chi connectivity index (χ0v) is 13.7. The zero-order valence-electron chi connectivity index (χ0n) is 13.7. The quantitative estimate of drug-likeness (QED) is 0.850. The number of nitrogens with zero attached hydrogens (tertiary/aromatic N) is 2. The second-order valence-corrected chi connectivity index (χ2v) is 6.30. The van der Waals surface area contributed by atoms with E-state index >= 15 is 0 Å². The smallest absolute Gasteiger partial charge is 0.229 e. The van der Waals surface area contributed by atoms with Gasteiger partial charge in [0.15, 0.2) is 0 Å². The van der Waals surface area contributed by atoms with Crippen LogP contribution in [0.4, 0.5) is 0 Å². The molecule has 5 nitrogen and oxygen atoms in total. The molecule has 2 aromatic rings. The van der Waals surface area contributed by atoms with Gasteiger partial charge in [0.2, 0.25) is 5.91 Å². The molecule has 2 aliphatic rings. The van der Waals surface area contributed by atoms with Crippen molar-refractivity contribution in [2.24, 2.45) is 5.92 Å². The molecule has 1 aromatic carbocycles. The van der Waals surface area contributed by atoms with Crippen LogP contribution in [0, 0.1) is 5.92 Å². The molecule has 1 aromatic heterocycles. The Morgan fingerprint density at radius 1 is 1.33 bits per heavy atom. The molecule has 0 fully saturated rings. The SMILES string of the molecule is COc1ccc2c(c1)OCC(C(=O)N1CCc3ncccc3C1)C2. The molecule has 4 rings (SSSR count). The van der Waals surface area contributed by atoms with Crippen LogP contribution in [0.15, 0.2) is 36.5 Å². The van der Waals surface area contributed by atoms with Crippen molar-refractivity contribution in [3.05, 3.63) is 53.3 Å². The highest BCUT2D eigenvalue weighted by atomic mass is 16.5. The van der Waals surface area contributed by atoms with E-state index in [-0.39, 0.29) is 11.8 Å². The highest BCUT2D eigenvalue weighted by Gasteiger charge is 2.31. The maximum atomic E-state index is 12.9. The van der Waals surface area contributed by atoms with Crippen molar-refractivity contribution in [2.75, 3.05) is 20.3 Å². The Bertz CT molecular complexity index is 775. The maximum absolute atomic E-state index is 12.9. The molecule has 0 saturated heterocycles. The zero-order chi connectivity index (χ0) is 16.5. The first-order valence-electron chi connectivity index (χ1n) is 8.26. The summed E-state index contributed by atoms with van der Waals surface area (Å²) < 4.78 is 11.0. The van der Waals surface area contributed by atoms with Crippen LogP contribution >= 0.6 is 0 Å². The summed E-state index contributed by atoms with van der Waals surface area (Å²) in [5, 5.41) is 0. The van der Waals surface area contributed by atoms with Crippen molar-refractivity contribution in [3.8, 4) is 11.5 Å². The first-order valence-corrected chi connectivity index (χ1v) is 8.26. The molecule has 5 heteroatoms. The predicted octanol–water partition coefficient (Wildman–Crippen LogP) is 2.23. The molecule has 0 N–H and O–H groups in total. The van der Waals surface area contributed by atoms with E-state index < -0.39 is 0 Å². The van der Waals surface area contributed by atoms with Crippen LogP contribution in [0.5, 0.6) is 11.5 Å². The number of amides is 1. The fourth-order valence-corrected chi connectivity index (χ4v) is 3.45.